The average molecular weight is 338 g/mol. The lowest BCUT2D eigenvalue weighted by atomic mass is 10.1. The van der Waals surface area contributed by atoms with E-state index in [1.165, 1.54) is 7.11 Å². The van der Waals surface area contributed by atoms with Gasteiger partial charge < -0.3 is 10.5 Å². The molecule has 0 bridgehead atoms. The van der Waals surface area contributed by atoms with Crippen LogP contribution in [0, 0.1) is 0 Å². The van der Waals surface area contributed by atoms with E-state index in [-0.39, 0.29) is 0 Å². The van der Waals surface area contributed by atoms with Crippen LogP contribution in [0.15, 0.2) is 21.3 Å². The summed E-state index contributed by atoms with van der Waals surface area (Å²) in [6.07, 6.45) is 2.07. The number of aromatic nitrogens is 1. The second kappa shape index (κ2) is 5.58. The lowest BCUT2D eigenvalue weighted by Gasteiger charge is -2.09. The summed E-state index contributed by atoms with van der Waals surface area (Å²) in [4.78, 5) is 15.2. The first-order chi connectivity index (χ1) is 7.04. The molecule has 0 fully saturated rings. The summed E-state index contributed by atoms with van der Waals surface area (Å²) in [6, 6.07) is 1.21. The molecule has 0 aliphatic carbocycles. The van der Waals surface area contributed by atoms with Crippen LogP contribution in [0.5, 0.6) is 0 Å². The van der Waals surface area contributed by atoms with Crippen molar-refractivity contribution in [2.24, 2.45) is 5.73 Å². The van der Waals surface area contributed by atoms with Gasteiger partial charge in [0.1, 0.15) is 10.6 Å². The maximum Gasteiger partial charge on any atom is 0.322 e. The van der Waals surface area contributed by atoms with Crippen LogP contribution in [0.3, 0.4) is 0 Å². The Bertz CT molecular complexity index is 371. The molecule has 0 saturated carbocycles. The van der Waals surface area contributed by atoms with Crippen molar-refractivity contribution < 1.29 is 9.53 Å². The first kappa shape index (κ1) is 12.6. The second-order valence-electron chi connectivity index (χ2n) is 2.95. The molecule has 0 spiro atoms. The molecule has 0 aliphatic heterocycles. The van der Waals surface area contributed by atoms with Gasteiger partial charge >= 0.3 is 5.97 Å². The van der Waals surface area contributed by atoms with E-state index in [1.54, 1.807) is 6.20 Å². The lowest BCUT2D eigenvalue weighted by molar-refractivity contribution is -0.142. The highest BCUT2D eigenvalue weighted by atomic mass is 79.9. The number of carbonyl (C=O) groups is 1. The van der Waals surface area contributed by atoms with Crippen molar-refractivity contribution >= 4 is 37.8 Å². The zero-order valence-corrected chi connectivity index (χ0v) is 11.2. The minimum atomic E-state index is -0.648. The number of hydrogen-bond donors (Lipinski definition) is 1. The molecule has 1 aromatic rings. The van der Waals surface area contributed by atoms with Crippen LogP contribution in [0.1, 0.15) is 5.56 Å². The summed E-state index contributed by atoms with van der Waals surface area (Å²) in [6.45, 7) is 0. The van der Waals surface area contributed by atoms with Crippen molar-refractivity contribution in [3.05, 3.63) is 26.9 Å². The van der Waals surface area contributed by atoms with Crippen molar-refractivity contribution in [2.45, 2.75) is 12.5 Å². The van der Waals surface area contributed by atoms with Crippen LogP contribution >= 0.6 is 31.9 Å². The smallest absolute Gasteiger partial charge is 0.322 e. The Morgan fingerprint density at radius 3 is 2.87 bits per heavy atom. The summed E-state index contributed by atoms with van der Waals surface area (Å²) < 4.78 is 6.08. The number of methoxy groups -OCH3 is 1. The van der Waals surface area contributed by atoms with E-state index >= 15 is 0 Å². The van der Waals surface area contributed by atoms with Crippen LogP contribution in [-0.4, -0.2) is 24.1 Å². The van der Waals surface area contributed by atoms with Gasteiger partial charge in [0.2, 0.25) is 0 Å². The molecule has 4 nitrogen and oxygen atoms in total. The van der Waals surface area contributed by atoms with Crippen molar-refractivity contribution in [3.63, 3.8) is 0 Å². The van der Waals surface area contributed by atoms with E-state index in [1.807, 2.05) is 6.07 Å². The Balaban J connectivity index is 2.73. The molecule has 1 heterocycles. The molecule has 0 saturated heterocycles. The van der Waals surface area contributed by atoms with Crippen LogP contribution in [0.2, 0.25) is 0 Å². The fourth-order valence-electron chi connectivity index (χ4n) is 1.06. The minimum absolute atomic E-state index is 0.408. The van der Waals surface area contributed by atoms with Gasteiger partial charge in [0.05, 0.1) is 11.6 Å². The molecule has 1 unspecified atom stereocenters. The summed E-state index contributed by atoms with van der Waals surface area (Å²) in [5.74, 6) is -0.422. The topological polar surface area (TPSA) is 65.2 Å². The van der Waals surface area contributed by atoms with Gasteiger partial charge in [-0.05, 0) is 49.9 Å². The van der Waals surface area contributed by atoms with Gasteiger partial charge in [-0.3, -0.25) is 4.79 Å². The molecule has 0 amide bonds. The number of esters is 1. The normalized spacial score (nSPS) is 12.3. The predicted molar refractivity (Wildman–Crippen MR) is 63.3 cm³/mol. The molecule has 1 rings (SSSR count). The fourth-order valence-corrected chi connectivity index (χ4v) is 1.67. The van der Waals surface area contributed by atoms with Gasteiger partial charge in [-0.2, -0.15) is 0 Å². The zero-order valence-electron chi connectivity index (χ0n) is 8.04. The average Bonchev–Trinajstić information content (AvgIpc) is 2.22. The van der Waals surface area contributed by atoms with Gasteiger partial charge in [-0.1, -0.05) is 0 Å². The van der Waals surface area contributed by atoms with Gasteiger partial charge in [0.25, 0.3) is 0 Å². The highest BCUT2D eigenvalue weighted by Gasteiger charge is 2.14. The van der Waals surface area contributed by atoms with Crippen molar-refractivity contribution in [1.29, 1.82) is 0 Å². The van der Waals surface area contributed by atoms with Crippen LogP contribution in [-0.2, 0) is 16.0 Å². The molecule has 1 aromatic heterocycles. The number of hydrogen-bond acceptors (Lipinski definition) is 4. The summed E-state index contributed by atoms with van der Waals surface area (Å²) in [7, 11) is 1.32. The molecular weight excluding hydrogens is 328 g/mol. The molecular formula is C9H10Br2N2O2. The van der Waals surface area contributed by atoms with E-state index in [9.17, 15) is 4.79 Å². The van der Waals surface area contributed by atoms with E-state index in [4.69, 9.17) is 5.73 Å². The maximum atomic E-state index is 11.1. The predicted octanol–water partition coefficient (Wildman–Crippen LogP) is 1.65. The van der Waals surface area contributed by atoms with Crippen molar-refractivity contribution in [2.75, 3.05) is 7.11 Å². The number of nitrogens with zero attached hydrogens (tertiary/aromatic N) is 1. The first-order valence-corrected chi connectivity index (χ1v) is 5.76. The first-order valence-electron chi connectivity index (χ1n) is 4.18. The van der Waals surface area contributed by atoms with E-state index in [0.717, 1.165) is 14.6 Å². The quantitative estimate of drug-likeness (QED) is 0.672. The monoisotopic (exact) mass is 336 g/mol. The van der Waals surface area contributed by atoms with Crippen LogP contribution < -0.4 is 5.73 Å². The molecule has 0 aromatic carbocycles. The summed E-state index contributed by atoms with van der Waals surface area (Å²) in [5, 5.41) is 0. The third kappa shape index (κ3) is 3.55. The Kier molecular flexibility index (Phi) is 4.69. The maximum absolute atomic E-state index is 11.1. The van der Waals surface area contributed by atoms with Crippen LogP contribution in [0.4, 0.5) is 0 Å². The van der Waals surface area contributed by atoms with Crippen molar-refractivity contribution in [3.8, 4) is 0 Å². The third-order valence-electron chi connectivity index (χ3n) is 1.81. The minimum Gasteiger partial charge on any atom is -0.468 e. The van der Waals surface area contributed by atoms with Gasteiger partial charge in [-0.25, -0.2) is 4.98 Å². The molecule has 82 valence electrons. The van der Waals surface area contributed by atoms with E-state index < -0.39 is 12.0 Å². The van der Waals surface area contributed by atoms with E-state index in [2.05, 4.69) is 41.6 Å². The van der Waals surface area contributed by atoms with Gasteiger partial charge in [-0.15, -0.1) is 0 Å². The standard InChI is InChI=1S/C9H10Br2N2O2/c1-15-9(14)7(12)3-5-2-6(10)8(11)13-4-5/h2,4,7H,3,12H2,1H3. The summed E-state index contributed by atoms with van der Waals surface area (Å²) in [5.41, 5.74) is 6.50. The Labute approximate surface area is 104 Å². The lowest BCUT2D eigenvalue weighted by Crippen LogP contribution is -2.33. The molecule has 6 heteroatoms. The fraction of sp³-hybridized carbons (Fsp3) is 0.333. The summed E-state index contributed by atoms with van der Waals surface area (Å²) >= 11 is 6.58. The SMILES string of the molecule is COC(=O)C(N)Cc1cnc(Br)c(Br)c1. The molecule has 15 heavy (non-hydrogen) atoms. The van der Waals surface area contributed by atoms with E-state index in [0.29, 0.717) is 6.42 Å². The van der Waals surface area contributed by atoms with Gasteiger partial charge in [0, 0.05) is 6.20 Å². The zero-order chi connectivity index (χ0) is 11.4. The Hall–Kier alpha value is -0.460. The number of nitrogens with two attached hydrogens (primary N) is 1. The number of halogens is 2. The number of carbonyl (C=O) groups excluding carboxylic acids is 1. The molecule has 1 atom stereocenters. The Morgan fingerprint density at radius 1 is 1.67 bits per heavy atom. The Morgan fingerprint density at radius 2 is 2.33 bits per heavy atom. The van der Waals surface area contributed by atoms with Crippen LogP contribution in [0.25, 0.3) is 0 Å². The number of ether oxygens (including phenoxy) is 1. The number of rotatable bonds is 3. The highest BCUT2D eigenvalue weighted by Crippen LogP contribution is 2.21. The molecule has 0 aliphatic rings. The number of pyridine rings is 1. The molecule has 2 N–H and O–H groups in total. The molecule has 0 radical (unpaired) electrons. The van der Waals surface area contributed by atoms with Crippen molar-refractivity contribution in [1.82, 2.24) is 4.98 Å². The third-order valence-corrected chi connectivity index (χ3v) is 3.58. The highest BCUT2D eigenvalue weighted by molar-refractivity contribution is 9.13. The largest absolute Gasteiger partial charge is 0.468 e. The second-order valence-corrected chi connectivity index (χ2v) is 4.56. The van der Waals surface area contributed by atoms with Gasteiger partial charge in [0.15, 0.2) is 0 Å².